The summed E-state index contributed by atoms with van der Waals surface area (Å²) >= 11 is 5.91. The molecule has 0 aliphatic heterocycles. The maximum Gasteiger partial charge on any atom is 0.294 e. The highest BCUT2D eigenvalue weighted by molar-refractivity contribution is 6.30. The van der Waals surface area contributed by atoms with Gasteiger partial charge in [-0.25, -0.2) is 0 Å². The quantitative estimate of drug-likeness (QED) is 0.831. The van der Waals surface area contributed by atoms with Crippen LogP contribution in [0.2, 0.25) is 5.02 Å². The Bertz CT molecular complexity index is 698. The van der Waals surface area contributed by atoms with Crippen LogP contribution in [0.15, 0.2) is 28.8 Å². The number of nitrogens with zero attached hydrogens (tertiary/aromatic N) is 1. The topological polar surface area (TPSA) is 81.2 Å². The average molecular weight is 290 g/mol. The third-order valence-electron chi connectivity index (χ3n) is 2.41. The molecule has 1 amide bonds. The minimum atomic E-state index is -0.399. The van der Waals surface area contributed by atoms with Crippen molar-refractivity contribution >= 4 is 23.2 Å². The molecule has 3 N–H and O–H groups in total. The molecule has 2 rings (SSSR count). The number of rotatable bonds is 2. The molecule has 1 heterocycles. The fourth-order valence-corrected chi connectivity index (χ4v) is 1.70. The molecule has 0 saturated heterocycles. The minimum Gasteiger partial charge on any atom is -0.351 e. The molecule has 0 radical (unpaired) electrons. The van der Waals surface area contributed by atoms with E-state index in [4.69, 9.17) is 21.9 Å². The van der Waals surface area contributed by atoms with Crippen molar-refractivity contribution in [2.75, 3.05) is 11.9 Å². The second-order valence-corrected chi connectivity index (χ2v) is 4.42. The summed E-state index contributed by atoms with van der Waals surface area (Å²) in [6.07, 6.45) is 0. The van der Waals surface area contributed by atoms with Gasteiger partial charge in [-0.15, -0.1) is 0 Å². The second kappa shape index (κ2) is 6.24. The average Bonchev–Trinajstić information content (AvgIpc) is 2.85. The fourth-order valence-electron chi connectivity index (χ4n) is 1.53. The number of halogens is 1. The molecular weight excluding hydrogens is 278 g/mol. The van der Waals surface area contributed by atoms with E-state index in [1.165, 1.54) is 0 Å². The zero-order valence-corrected chi connectivity index (χ0v) is 11.5. The van der Waals surface area contributed by atoms with Gasteiger partial charge in [-0.05, 0) is 25.1 Å². The van der Waals surface area contributed by atoms with Crippen LogP contribution in [0.4, 0.5) is 5.69 Å². The van der Waals surface area contributed by atoms with E-state index in [9.17, 15) is 4.79 Å². The smallest absolute Gasteiger partial charge is 0.294 e. The number of amides is 1. The van der Waals surface area contributed by atoms with Gasteiger partial charge in [0.1, 0.15) is 0 Å². The van der Waals surface area contributed by atoms with Crippen molar-refractivity contribution in [3.63, 3.8) is 0 Å². The van der Waals surface area contributed by atoms with Crippen molar-refractivity contribution in [3.8, 4) is 11.8 Å². The Morgan fingerprint density at radius 2 is 2.30 bits per heavy atom. The van der Waals surface area contributed by atoms with Crippen molar-refractivity contribution in [2.45, 2.75) is 6.92 Å². The van der Waals surface area contributed by atoms with Crippen molar-refractivity contribution < 1.29 is 9.32 Å². The van der Waals surface area contributed by atoms with Gasteiger partial charge in [0, 0.05) is 16.7 Å². The van der Waals surface area contributed by atoms with Crippen molar-refractivity contribution in [1.29, 1.82) is 0 Å². The van der Waals surface area contributed by atoms with Crippen LogP contribution in [-0.2, 0) is 0 Å². The predicted octanol–water partition coefficient (Wildman–Crippen LogP) is 2.20. The first kappa shape index (κ1) is 14.1. The number of carbonyl (C=O) groups excluding carboxylic acids is 1. The molecule has 0 aliphatic carbocycles. The van der Waals surface area contributed by atoms with Crippen molar-refractivity contribution in [2.24, 2.45) is 5.73 Å². The van der Waals surface area contributed by atoms with Crippen molar-refractivity contribution in [1.82, 2.24) is 5.16 Å². The number of hydrogen-bond acceptors (Lipinski definition) is 4. The molecule has 0 spiro atoms. The van der Waals surface area contributed by atoms with Gasteiger partial charge in [0.15, 0.2) is 0 Å². The van der Waals surface area contributed by atoms with E-state index >= 15 is 0 Å². The number of hydrogen-bond donors (Lipinski definition) is 2. The van der Waals surface area contributed by atoms with Crippen LogP contribution in [-0.4, -0.2) is 17.6 Å². The Hall–Kier alpha value is -2.29. The maximum atomic E-state index is 12.0. The first-order valence-corrected chi connectivity index (χ1v) is 6.21. The number of aromatic nitrogens is 1. The molecule has 20 heavy (non-hydrogen) atoms. The number of benzene rings is 1. The monoisotopic (exact) mass is 289 g/mol. The third kappa shape index (κ3) is 3.38. The van der Waals surface area contributed by atoms with Crippen LogP contribution in [0, 0.1) is 18.8 Å². The van der Waals surface area contributed by atoms with E-state index < -0.39 is 5.91 Å². The lowest BCUT2D eigenvalue weighted by Crippen LogP contribution is -2.12. The minimum absolute atomic E-state index is 0.134. The molecule has 0 unspecified atom stereocenters. The molecule has 0 fully saturated rings. The highest BCUT2D eigenvalue weighted by Crippen LogP contribution is 2.20. The molecule has 1 aromatic heterocycles. The Kier molecular flexibility index (Phi) is 4.41. The lowest BCUT2D eigenvalue weighted by atomic mass is 10.1. The summed E-state index contributed by atoms with van der Waals surface area (Å²) in [6.45, 7) is 1.96. The highest BCUT2D eigenvalue weighted by atomic mass is 35.5. The summed E-state index contributed by atoms with van der Waals surface area (Å²) in [5.74, 6) is 5.31. The summed E-state index contributed by atoms with van der Waals surface area (Å²) < 4.78 is 4.90. The normalized spacial score (nSPS) is 9.75. The number of nitrogens with one attached hydrogen (secondary N) is 1. The zero-order valence-electron chi connectivity index (χ0n) is 10.7. The lowest BCUT2D eigenvalue weighted by Gasteiger charge is -2.06. The van der Waals surface area contributed by atoms with Crippen LogP contribution in [0.5, 0.6) is 0 Å². The van der Waals surface area contributed by atoms with Gasteiger partial charge in [-0.1, -0.05) is 28.6 Å². The number of nitrogens with two attached hydrogens (primary N) is 1. The van der Waals surface area contributed by atoms with Crippen LogP contribution in [0.3, 0.4) is 0 Å². The van der Waals surface area contributed by atoms with Crippen LogP contribution in [0.1, 0.15) is 21.8 Å². The first-order chi connectivity index (χ1) is 9.60. The summed E-state index contributed by atoms with van der Waals surface area (Å²) in [5, 5.41) is 6.89. The van der Waals surface area contributed by atoms with E-state index in [-0.39, 0.29) is 12.3 Å². The van der Waals surface area contributed by atoms with Gasteiger partial charge < -0.3 is 15.6 Å². The zero-order chi connectivity index (χ0) is 14.5. The molecule has 102 valence electrons. The van der Waals surface area contributed by atoms with Crippen molar-refractivity contribution in [3.05, 3.63) is 46.3 Å². The molecule has 1 aromatic carbocycles. The van der Waals surface area contributed by atoms with Gasteiger partial charge in [-0.2, -0.15) is 0 Å². The lowest BCUT2D eigenvalue weighted by molar-refractivity contribution is 0.0988. The van der Waals surface area contributed by atoms with Gasteiger partial charge >= 0.3 is 0 Å². The van der Waals surface area contributed by atoms with Crippen LogP contribution >= 0.6 is 11.6 Å². The summed E-state index contributed by atoms with van der Waals surface area (Å²) in [5.41, 5.74) is 7.10. The van der Waals surface area contributed by atoms with Crippen LogP contribution < -0.4 is 11.1 Å². The number of aryl methyl sites for hydroxylation is 1. The van der Waals surface area contributed by atoms with E-state index in [1.54, 1.807) is 31.2 Å². The Labute approximate surface area is 121 Å². The molecule has 0 bridgehead atoms. The standard InChI is InChI=1S/C14H12ClN3O2/c1-9-7-13(20-18-9)14(19)17-12-5-4-11(15)8-10(12)3-2-6-16/h4-5,7-8H,6,16H2,1H3,(H,17,19). The van der Waals surface area contributed by atoms with Crippen LogP contribution in [0.25, 0.3) is 0 Å². The molecule has 5 nitrogen and oxygen atoms in total. The number of carbonyl (C=O) groups is 1. The Morgan fingerprint density at radius 3 is 2.95 bits per heavy atom. The molecule has 2 aromatic rings. The predicted molar refractivity (Wildman–Crippen MR) is 76.6 cm³/mol. The molecule has 0 saturated carbocycles. The maximum absolute atomic E-state index is 12.0. The SMILES string of the molecule is Cc1cc(C(=O)Nc2ccc(Cl)cc2C#CCN)on1. The van der Waals surface area contributed by atoms with E-state index in [0.29, 0.717) is 22.0 Å². The Morgan fingerprint density at radius 1 is 1.50 bits per heavy atom. The third-order valence-corrected chi connectivity index (χ3v) is 2.64. The van der Waals surface area contributed by atoms with E-state index in [0.717, 1.165) is 0 Å². The summed E-state index contributed by atoms with van der Waals surface area (Å²) in [4.78, 5) is 12.0. The molecular formula is C14H12ClN3O2. The highest BCUT2D eigenvalue weighted by Gasteiger charge is 2.13. The number of anilines is 1. The fraction of sp³-hybridized carbons (Fsp3) is 0.143. The largest absolute Gasteiger partial charge is 0.351 e. The van der Waals surface area contributed by atoms with E-state index in [2.05, 4.69) is 22.3 Å². The Balaban J connectivity index is 2.26. The second-order valence-electron chi connectivity index (χ2n) is 3.98. The summed E-state index contributed by atoms with van der Waals surface area (Å²) in [7, 11) is 0. The van der Waals surface area contributed by atoms with Gasteiger partial charge in [-0.3, -0.25) is 4.79 Å². The molecule has 0 atom stereocenters. The van der Waals surface area contributed by atoms with Gasteiger partial charge in [0.05, 0.1) is 17.9 Å². The summed E-state index contributed by atoms with van der Waals surface area (Å²) in [6, 6.07) is 6.54. The molecule has 0 aliphatic rings. The van der Waals surface area contributed by atoms with Gasteiger partial charge in [0.25, 0.3) is 5.91 Å². The molecule has 6 heteroatoms. The van der Waals surface area contributed by atoms with E-state index in [1.807, 2.05) is 0 Å². The van der Waals surface area contributed by atoms with Gasteiger partial charge in [0.2, 0.25) is 5.76 Å². The first-order valence-electron chi connectivity index (χ1n) is 5.83.